The van der Waals surface area contributed by atoms with Crippen molar-refractivity contribution in [2.24, 2.45) is 5.73 Å². The summed E-state index contributed by atoms with van der Waals surface area (Å²) in [5.41, 5.74) is 5.37. The second kappa shape index (κ2) is 5.34. The van der Waals surface area contributed by atoms with Gasteiger partial charge in [0.25, 0.3) is 0 Å². The molecule has 1 radical (unpaired) electrons. The number of nitrogens with two attached hydrogens (primary N) is 1. The fourth-order valence-electron chi connectivity index (χ4n) is 1.10. The van der Waals surface area contributed by atoms with Gasteiger partial charge >= 0.3 is 0 Å². The Labute approximate surface area is 88.0 Å². The van der Waals surface area contributed by atoms with Crippen LogP contribution in [0.5, 0.6) is 5.75 Å². The van der Waals surface area contributed by atoms with Gasteiger partial charge in [-0.2, -0.15) is 0 Å². The highest BCUT2D eigenvalue weighted by atomic mass is 19.1. The van der Waals surface area contributed by atoms with Crippen LogP contribution in [0.3, 0.4) is 0 Å². The molecule has 1 aromatic carbocycles. The SMILES string of the molecule is Cc1[c]ccc(OCCCC(N)=O)c1F. The number of aryl methyl sites for hydroxylation is 1. The molecule has 0 bridgehead atoms. The second-order valence-electron chi connectivity index (χ2n) is 3.20. The van der Waals surface area contributed by atoms with Crippen LogP contribution in [0.15, 0.2) is 12.1 Å². The first-order chi connectivity index (χ1) is 7.11. The van der Waals surface area contributed by atoms with Gasteiger partial charge in [0.05, 0.1) is 6.61 Å². The van der Waals surface area contributed by atoms with Gasteiger partial charge in [-0.25, -0.2) is 4.39 Å². The molecule has 0 aliphatic carbocycles. The number of ether oxygens (including phenoxy) is 1. The van der Waals surface area contributed by atoms with Crippen LogP contribution >= 0.6 is 0 Å². The predicted molar refractivity (Wildman–Crippen MR) is 53.9 cm³/mol. The lowest BCUT2D eigenvalue weighted by molar-refractivity contribution is -0.118. The van der Waals surface area contributed by atoms with E-state index in [1.807, 2.05) is 0 Å². The summed E-state index contributed by atoms with van der Waals surface area (Å²) in [4.78, 5) is 10.4. The molecule has 0 aliphatic rings. The molecular formula is C11H13FNO2. The molecule has 81 valence electrons. The lowest BCUT2D eigenvalue weighted by Crippen LogP contribution is -2.12. The van der Waals surface area contributed by atoms with Crippen molar-refractivity contribution in [3.63, 3.8) is 0 Å². The molecule has 4 heteroatoms. The first-order valence-electron chi connectivity index (χ1n) is 4.69. The molecule has 0 aliphatic heterocycles. The van der Waals surface area contributed by atoms with Crippen molar-refractivity contribution in [3.05, 3.63) is 29.6 Å². The van der Waals surface area contributed by atoms with Gasteiger partial charge in [0.2, 0.25) is 5.91 Å². The molecule has 0 heterocycles. The maximum Gasteiger partial charge on any atom is 0.217 e. The number of hydrogen-bond acceptors (Lipinski definition) is 2. The molecule has 1 aromatic rings. The number of rotatable bonds is 5. The first kappa shape index (κ1) is 11.5. The lowest BCUT2D eigenvalue weighted by atomic mass is 10.2. The Balaban J connectivity index is 2.44. The van der Waals surface area contributed by atoms with E-state index in [1.54, 1.807) is 13.0 Å². The highest BCUT2D eigenvalue weighted by Gasteiger charge is 2.05. The maximum absolute atomic E-state index is 13.3. The fraction of sp³-hybridized carbons (Fsp3) is 0.364. The van der Waals surface area contributed by atoms with Gasteiger partial charge in [0.1, 0.15) is 0 Å². The van der Waals surface area contributed by atoms with E-state index in [4.69, 9.17) is 10.5 Å². The van der Waals surface area contributed by atoms with E-state index in [0.717, 1.165) is 0 Å². The van der Waals surface area contributed by atoms with E-state index in [0.29, 0.717) is 12.0 Å². The molecule has 1 amide bonds. The van der Waals surface area contributed by atoms with Crippen molar-refractivity contribution in [3.8, 4) is 5.75 Å². The average molecular weight is 210 g/mol. The molecule has 0 saturated carbocycles. The molecule has 15 heavy (non-hydrogen) atoms. The largest absolute Gasteiger partial charge is 0.490 e. The minimum Gasteiger partial charge on any atom is -0.490 e. The quantitative estimate of drug-likeness (QED) is 0.750. The number of carbonyl (C=O) groups is 1. The summed E-state index contributed by atoms with van der Waals surface area (Å²) in [7, 11) is 0. The first-order valence-corrected chi connectivity index (χ1v) is 4.69. The molecule has 0 fully saturated rings. The van der Waals surface area contributed by atoms with E-state index in [9.17, 15) is 9.18 Å². The maximum atomic E-state index is 13.3. The molecule has 2 N–H and O–H groups in total. The Kier molecular flexibility index (Phi) is 4.09. The number of carbonyl (C=O) groups excluding carboxylic acids is 1. The summed E-state index contributed by atoms with van der Waals surface area (Å²) < 4.78 is 18.5. The minimum absolute atomic E-state index is 0.190. The fourth-order valence-corrected chi connectivity index (χ4v) is 1.10. The average Bonchev–Trinajstić information content (AvgIpc) is 2.18. The van der Waals surface area contributed by atoms with Crippen molar-refractivity contribution in [1.82, 2.24) is 0 Å². The Morgan fingerprint density at radius 1 is 1.67 bits per heavy atom. The summed E-state index contributed by atoms with van der Waals surface area (Å²) in [6, 6.07) is 5.83. The molecule has 0 atom stereocenters. The van der Waals surface area contributed by atoms with Crippen LogP contribution < -0.4 is 10.5 Å². The van der Waals surface area contributed by atoms with E-state index < -0.39 is 5.82 Å². The highest BCUT2D eigenvalue weighted by Crippen LogP contribution is 2.19. The molecule has 0 spiro atoms. The predicted octanol–water partition coefficient (Wildman–Crippen LogP) is 1.58. The van der Waals surface area contributed by atoms with Crippen molar-refractivity contribution < 1.29 is 13.9 Å². The number of primary amides is 1. The van der Waals surface area contributed by atoms with Gasteiger partial charge in [0, 0.05) is 6.42 Å². The normalized spacial score (nSPS) is 10.0. The summed E-state index contributed by atoms with van der Waals surface area (Å²) >= 11 is 0. The molecule has 0 saturated heterocycles. The van der Waals surface area contributed by atoms with Gasteiger partial charge in [-0.05, 0) is 31.0 Å². The van der Waals surface area contributed by atoms with Crippen molar-refractivity contribution in [2.75, 3.05) is 6.61 Å². The number of benzene rings is 1. The standard InChI is InChI=1S/C11H13FNO2/c1-8-4-2-5-9(11(8)12)15-7-3-6-10(13)14/h2,5H,3,6-7H2,1H3,(H2,13,14). The Bertz CT molecular complexity index is 352. The van der Waals surface area contributed by atoms with Crippen LogP contribution in [0.2, 0.25) is 0 Å². The van der Waals surface area contributed by atoms with Gasteiger partial charge in [0.15, 0.2) is 11.6 Å². The van der Waals surface area contributed by atoms with Crippen LogP contribution in [-0.2, 0) is 4.79 Å². The summed E-state index contributed by atoms with van der Waals surface area (Å²) in [5.74, 6) is -0.594. The topological polar surface area (TPSA) is 52.3 Å². The number of hydrogen-bond donors (Lipinski definition) is 1. The molecular weight excluding hydrogens is 197 g/mol. The van der Waals surface area contributed by atoms with E-state index in [-0.39, 0.29) is 24.7 Å². The van der Waals surface area contributed by atoms with Crippen LogP contribution in [0, 0.1) is 18.8 Å². The van der Waals surface area contributed by atoms with Crippen molar-refractivity contribution >= 4 is 5.91 Å². The zero-order valence-electron chi connectivity index (χ0n) is 8.55. The molecule has 0 unspecified atom stereocenters. The van der Waals surface area contributed by atoms with Crippen molar-refractivity contribution in [2.45, 2.75) is 19.8 Å². The number of halogens is 1. The van der Waals surface area contributed by atoms with Crippen LogP contribution in [-0.4, -0.2) is 12.5 Å². The van der Waals surface area contributed by atoms with Crippen LogP contribution in [0.1, 0.15) is 18.4 Å². The third-order valence-electron chi connectivity index (χ3n) is 1.91. The van der Waals surface area contributed by atoms with Crippen molar-refractivity contribution in [1.29, 1.82) is 0 Å². The van der Waals surface area contributed by atoms with Crippen LogP contribution in [0.4, 0.5) is 4.39 Å². The summed E-state index contributed by atoms with van der Waals surface area (Å²) in [6.45, 7) is 1.90. The molecule has 1 rings (SSSR count). The van der Waals surface area contributed by atoms with Gasteiger partial charge in [-0.3, -0.25) is 4.79 Å². The van der Waals surface area contributed by atoms with Gasteiger partial charge in [-0.1, -0.05) is 6.07 Å². The Hall–Kier alpha value is -1.58. The number of amides is 1. The van der Waals surface area contributed by atoms with E-state index in [1.165, 1.54) is 6.07 Å². The lowest BCUT2D eigenvalue weighted by Gasteiger charge is -2.07. The van der Waals surface area contributed by atoms with Gasteiger partial charge in [-0.15, -0.1) is 0 Å². The summed E-state index contributed by atoms with van der Waals surface area (Å²) in [6.07, 6.45) is 0.742. The van der Waals surface area contributed by atoms with E-state index >= 15 is 0 Å². The minimum atomic E-state index is -0.406. The Morgan fingerprint density at radius 2 is 2.40 bits per heavy atom. The van der Waals surface area contributed by atoms with Crippen LogP contribution in [0.25, 0.3) is 0 Å². The van der Waals surface area contributed by atoms with Gasteiger partial charge < -0.3 is 10.5 Å². The molecule has 3 nitrogen and oxygen atoms in total. The smallest absolute Gasteiger partial charge is 0.217 e. The third-order valence-corrected chi connectivity index (χ3v) is 1.91. The second-order valence-corrected chi connectivity index (χ2v) is 3.20. The zero-order chi connectivity index (χ0) is 11.3. The monoisotopic (exact) mass is 210 g/mol. The summed E-state index contributed by atoms with van der Waals surface area (Å²) in [5, 5.41) is 0. The Morgan fingerprint density at radius 3 is 3.07 bits per heavy atom. The molecule has 0 aromatic heterocycles. The third kappa shape index (κ3) is 3.58. The highest BCUT2D eigenvalue weighted by molar-refractivity contribution is 5.73. The van der Waals surface area contributed by atoms with E-state index in [2.05, 4.69) is 6.07 Å². The zero-order valence-corrected chi connectivity index (χ0v) is 8.55.